The van der Waals surface area contributed by atoms with Gasteiger partial charge in [-0.2, -0.15) is 0 Å². The molecular weight excluding hydrogens is 114 g/mol. The fourth-order valence-corrected chi connectivity index (χ4v) is 0.666. The lowest BCUT2D eigenvalue weighted by molar-refractivity contribution is 0.682. The SMILES string of the molecule is CNNC(C)=C1C=NC1. The Hall–Kier alpha value is -0.830. The molecule has 3 heteroatoms. The van der Waals surface area contributed by atoms with Gasteiger partial charge in [0, 0.05) is 24.5 Å². The Morgan fingerprint density at radius 1 is 1.78 bits per heavy atom. The van der Waals surface area contributed by atoms with Crippen molar-refractivity contribution in [3.63, 3.8) is 0 Å². The average molecular weight is 125 g/mol. The van der Waals surface area contributed by atoms with E-state index in [0.717, 1.165) is 12.2 Å². The van der Waals surface area contributed by atoms with E-state index in [1.165, 1.54) is 5.57 Å². The van der Waals surface area contributed by atoms with Crippen LogP contribution in [-0.2, 0) is 0 Å². The van der Waals surface area contributed by atoms with E-state index in [1.54, 1.807) is 0 Å². The summed E-state index contributed by atoms with van der Waals surface area (Å²) in [6.45, 7) is 2.89. The summed E-state index contributed by atoms with van der Waals surface area (Å²) in [7, 11) is 1.85. The highest BCUT2D eigenvalue weighted by Gasteiger charge is 2.03. The van der Waals surface area contributed by atoms with Gasteiger partial charge < -0.3 is 5.43 Å². The maximum atomic E-state index is 3.95. The molecule has 0 saturated carbocycles. The van der Waals surface area contributed by atoms with Crippen LogP contribution in [0.5, 0.6) is 0 Å². The van der Waals surface area contributed by atoms with E-state index in [2.05, 4.69) is 15.8 Å². The molecule has 0 amide bonds. The average Bonchev–Trinajstić information content (AvgIpc) is 1.60. The summed E-state index contributed by atoms with van der Waals surface area (Å²) in [4.78, 5) is 3.95. The zero-order chi connectivity index (χ0) is 6.69. The molecule has 0 saturated heterocycles. The van der Waals surface area contributed by atoms with Gasteiger partial charge in [0.15, 0.2) is 0 Å². The van der Waals surface area contributed by atoms with Crippen molar-refractivity contribution in [2.45, 2.75) is 6.92 Å². The normalized spacial score (nSPS) is 21.1. The molecule has 1 aliphatic rings. The molecule has 0 aromatic carbocycles. The van der Waals surface area contributed by atoms with Crippen LogP contribution in [0.3, 0.4) is 0 Å². The van der Waals surface area contributed by atoms with Gasteiger partial charge in [0.1, 0.15) is 0 Å². The molecule has 1 aliphatic heterocycles. The first kappa shape index (κ1) is 6.29. The molecule has 0 radical (unpaired) electrons. The molecule has 0 spiro atoms. The molecule has 0 bridgehead atoms. The third kappa shape index (κ3) is 1.29. The highest BCUT2D eigenvalue weighted by Crippen LogP contribution is 2.04. The Bertz CT molecular complexity index is 158. The van der Waals surface area contributed by atoms with Crippen molar-refractivity contribution < 1.29 is 0 Å². The lowest BCUT2D eigenvalue weighted by atomic mass is 10.2. The molecule has 9 heavy (non-hydrogen) atoms. The first-order chi connectivity index (χ1) is 4.34. The summed E-state index contributed by atoms with van der Waals surface area (Å²) < 4.78 is 0. The van der Waals surface area contributed by atoms with Crippen LogP contribution in [0.2, 0.25) is 0 Å². The third-order valence-corrected chi connectivity index (χ3v) is 1.30. The fraction of sp³-hybridized carbons (Fsp3) is 0.500. The van der Waals surface area contributed by atoms with Gasteiger partial charge in [0.05, 0.1) is 6.54 Å². The van der Waals surface area contributed by atoms with Crippen LogP contribution >= 0.6 is 0 Å². The van der Waals surface area contributed by atoms with Crippen molar-refractivity contribution in [2.24, 2.45) is 4.99 Å². The van der Waals surface area contributed by atoms with Gasteiger partial charge in [-0.1, -0.05) is 0 Å². The van der Waals surface area contributed by atoms with Gasteiger partial charge in [0.25, 0.3) is 0 Å². The number of hydrazine groups is 1. The topological polar surface area (TPSA) is 36.4 Å². The Morgan fingerprint density at radius 3 is 2.78 bits per heavy atom. The Kier molecular flexibility index (Phi) is 1.85. The first-order valence-electron chi connectivity index (χ1n) is 2.97. The first-order valence-corrected chi connectivity index (χ1v) is 2.97. The molecule has 0 aromatic rings. The minimum absolute atomic E-state index is 0.862. The predicted molar refractivity (Wildman–Crippen MR) is 38.3 cm³/mol. The molecule has 2 N–H and O–H groups in total. The molecule has 1 rings (SSSR count). The number of allylic oxidation sites excluding steroid dienone is 1. The summed E-state index contributed by atoms with van der Waals surface area (Å²) in [5, 5.41) is 0. The standard InChI is InChI=1S/C6H11N3/c1-5(9-7-2)6-3-8-4-6/h3,7,9H,4H2,1-2H3. The summed E-state index contributed by atoms with van der Waals surface area (Å²) in [5.74, 6) is 0. The Balaban J connectivity index is 2.48. The van der Waals surface area contributed by atoms with Crippen LogP contribution in [0.1, 0.15) is 6.92 Å². The van der Waals surface area contributed by atoms with E-state index < -0.39 is 0 Å². The predicted octanol–water partition coefficient (Wildman–Crippen LogP) is 0.0688. The minimum Gasteiger partial charge on any atom is -0.326 e. The Labute approximate surface area is 54.8 Å². The second-order valence-corrected chi connectivity index (χ2v) is 2.00. The van der Waals surface area contributed by atoms with Crippen molar-refractivity contribution >= 4 is 6.21 Å². The quantitative estimate of drug-likeness (QED) is 0.512. The van der Waals surface area contributed by atoms with Crippen molar-refractivity contribution in [2.75, 3.05) is 13.6 Å². The van der Waals surface area contributed by atoms with Gasteiger partial charge >= 0.3 is 0 Å². The largest absolute Gasteiger partial charge is 0.326 e. The summed E-state index contributed by atoms with van der Waals surface area (Å²) in [5.41, 5.74) is 8.27. The molecule has 0 aliphatic carbocycles. The van der Waals surface area contributed by atoms with Gasteiger partial charge in [-0.05, 0) is 6.92 Å². The second-order valence-electron chi connectivity index (χ2n) is 2.00. The van der Waals surface area contributed by atoms with Gasteiger partial charge in [-0.3, -0.25) is 4.99 Å². The van der Waals surface area contributed by atoms with Gasteiger partial charge in [-0.25, -0.2) is 5.43 Å². The van der Waals surface area contributed by atoms with E-state index in [1.807, 2.05) is 20.2 Å². The molecule has 3 nitrogen and oxygen atoms in total. The number of nitrogens with one attached hydrogen (secondary N) is 2. The molecule has 0 atom stereocenters. The van der Waals surface area contributed by atoms with Crippen molar-refractivity contribution in [1.29, 1.82) is 0 Å². The van der Waals surface area contributed by atoms with Crippen molar-refractivity contribution in [3.8, 4) is 0 Å². The van der Waals surface area contributed by atoms with Crippen molar-refractivity contribution in [1.82, 2.24) is 10.9 Å². The summed E-state index contributed by atoms with van der Waals surface area (Å²) >= 11 is 0. The van der Waals surface area contributed by atoms with Crippen LogP contribution in [0.4, 0.5) is 0 Å². The van der Waals surface area contributed by atoms with Crippen LogP contribution in [0.25, 0.3) is 0 Å². The smallest absolute Gasteiger partial charge is 0.0672 e. The number of rotatable bonds is 2. The maximum Gasteiger partial charge on any atom is 0.0672 e. The lowest BCUT2D eigenvalue weighted by Crippen LogP contribution is -2.28. The molecule has 50 valence electrons. The summed E-state index contributed by atoms with van der Waals surface area (Å²) in [6, 6.07) is 0. The maximum absolute atomic E-state index is 3.95. The number of hydrogen-bond acceptors (Lipinski definition) is 3. The second kappa shape index (κ2) is 2.64. The van der Waals surface area contributed by atoms with Gasteiger partial charge in [0.2, 0.25) is 0 Å². The molecule has 0 unspecified atom stereocenters. The van der Waals surface area contributed by atoms with E-state index in [0.29, 0.717) is 0 Å². The number of nitrogens with zero attached hydrogens (tertiary/aromatic N) is 1. The van der Waals surface area contributed by atoms with E-state index in [4.69, 9.17) is 0 Å². The molecule has 1 heterocycles. The van der Waals surface area contributed by atoms with E-state index >= 15 is 0 Å². The number of aliphatic imine (C=N–C) groups is 1. The lowest BCUT2D eigenvalue weighted by Gasteiger charge is -2.12. The summed E-state index contributed by atoms with van der Waals surface area (Å²) in [6.07, 6.45) is 1.87. The number of hydrogen-bond donors (Lipinski definition) is 2. The van der Waals surface area contributed by atoms with E-state index in [-0.39, 0.29) is 0 Å². The van der Waals surface area contributed by atoms with Crippen LogP contribution in [0.15, 0.2) is 16.3 Å². The molecular formula is C6H11N3. The van der Waals surface area contributed by atoms with Crippen molar-refractivity contribution in [3.05, 3.63) is 11.3 Å². The van der Waals surface area contributed by atoms with Crippen LogP contribution in [0, 0.1) is 0 Å². The van der Waals surface area contributed by atoms with E-state index in [9.17, 15) is 0 Å². The molecule has 0 aromatic heterocycles. The van der Waals surface area contributed by atoms with Crippen LogP contribution in [-0.4, -0.2) is 19.8 Å². The van der Waals surface area contributed by atoms with Crippen LogP contribution < -0.4 is 10.9 Å². The zero-order valence-corrected chi connectivity index (χ0v) is 5.73. The molecule has 0 fully saturated rings. The minimum atomic E-state index is 0.862. The zero-order valence-electron chi connectivity index (χ0n) is 5.73. The third-order valence-electron chi connectivity index (χ3n) is 1.30. The fourth-order valence-electron chi connectivity index (χ4n) is 0.666. The Morgan fingerprint density at radius 2 is 2.44 bits per heavy atom. The monoisotopic (exact) mass is 125 g/mol. The highest BCUT2D eigenvalue weighted by molar-refractivity contribution is 5.85. The van der Waals surface area contributed by atoms with Gasteiger partial charge in [-0.15, -0.1) is 0 Å². The highest BCUT2D eigenvalue weighted by atomic mass is 15.3.